The lowest BCUT2D eigenvalue weighted by Crippen LogP contribution is -2.25. The van der Waals surface area contributed by atoms with Crippen LogP contribution in [0.2, 0.25) is 0 Å². The van der Waals surface area contributed by atoms with E-state index in [1.165, 1.54) is 27.8 Å². The molecule has 0 bridgehead atoms. The molecule has 0 fully saturated rings. The van der Waals surface area contributed by atoms with Crippen molar-refractivity contribution in [1.82, 2.24) is 9.55 Å². The second kappa shape index (κ2) is 8.10. The number of thiophene rings is 1. The Labute approximate surface area is 173 Å². The summed E-state index contributed by atoms with van der Waals surface area (Å²) in [6.45, 7) is 4.70. The van der Waals surface area contributed by atoms with Gasteiger partial charge in [-0.25, -0.2) is 4.98 Å². The maximum Gasteiger partial charge on any atom is 0.263 e. The van der Waals surface area contributed by atoms with Crippen molar-refractivity contribution in [2.24, 2.45) is 5.92 Å². The summed E-state index contributed by atoms with van der Waals surface area (Å²) in [7, 11) is 0. The van der Waals surface area contributed by atoms with Crippen LogP contribution in [0.4, 0.5) is 0 Å². The first-order valence-corrected chi connectivity index (χ1v) is 11.4. The molecule has 0 N–H and O–H groups in total. The summed E-state index contributed by atoms with van der Waals surface area (Å²) in [6.07, 6.45) is 3.90. The number of benzene rings is 1. The second-order valence-corrected chi connectivity index (χ2v) is 9.90. The molecule has 0 amide bonds. The molecule has 28 heavy (non-hydrogen) atoms. The number of fused-ring (bicyclic) bond motifs is 3. The van der Waals surface area contributed by atoms with E-state index in [4.69, 9.17) is 4.98 Å². The zero-order valence-corrected chi connectivity index (χ0v) is 17.8. The lowest BCUT2D eigenvalue weighted by atomic mass is 9.89. The minimum Gasteiger partial charge on any atom is -0.287 e. The maximum atomic E-state index is 13.5. The number of nitriles is 1. The van der Waals surface area contributed by atoms with Gasteiger partial charge in [-0.1, -0.05) is 49.0 Å². The van der Waals surface area contributed by atoms with Gasteiger partial charge in [0.25, 0.3) is 5.56 Å². The smallest absolute Gasteiger partial charge is 0.263 e. The largest absolute Gasteiger partial charge is 0.287 e. The van der Waals surface area contributed by atoms with Gasteiger partial charge in [0.1, 0.15) is 4.83 Å². The number of hydrogen-bond donors (Lipinski definition) is 0. The van der Waals surface area contributed by atoms with E-state index in [1.54, 1.807) is 15.9 Å². The van der Waals surface area contributed by atoms with Crippen LogP contribution in [0.15, 0.2) is 40.3 Å². The molecule has 4 rings (SSSR count). The van der Waals surface area contributed by atoms with E-state index in [-0.39, 0.29) is 10.8 Å². The number of thioether (sulfide) groups is 1. The monoisotopic (exact) mass is 409 g/mol. The second-order valence-electron chi connectivity index (χ2n) is 7.51. The van der Waals surface area contributed by atoms with Gasteiger partial charge in [0.15, 0.2) is 5.16 Å². The fourth-order valence-electron chi connectivity index (χ4n) is 3.76. The van der Waals surface area contributed by atoms with Crippen LogP contribution in [0.3, 0.4) is 0 Å². The summed E-state index contributed by atoms with van der Waals surface area (Å²) in [5.41, 5.74) is 2.47. The van der Waals surface area contributed by atoms with E-state index < -0.39 is 0 Å². The molecule has 2 heterocycles. The van der Waals surface area contributed by atoms with Gasteiger partial charge in [-0.15, -0.1) is 11.3 Å². The van der Waals surface area contributed by atoms with Crippen molar-refractivity contribution in [2.75, 3.05) is 0 Å². The Morgan fingerprint density at radius 3 is 2.93 bits per heavy atom. The standard InChI is InChI=1S/C22H23N3OS2/c1-14-8-9-17-18(12-14)28-20-19(17)21(26)25(22(24-20)27-15(2)13-23)11-10-16-6-4-3-5-7-16/h3-7,14-15H,8-12H2,1-2H3/t14-,15+/m1/s1. The number of nitrogens with zero attached hydrogens (tertiary/aromatic N) is 3. The van der Waals surface area contributed by atoms with Crippen LogP contribution < -0.4 is 5.56 Å². The lowest BCUT2D eigenvalue weighted by Gasteiger charge is -2.18. The zero-order valence-electron chi connectivity index (χ0n) is 16.1. The molecule has 3 aromatic rings. The highest BCUT2D eigenvalue weighted by Crippen LogP contribution is 2.36. The van der Waals surface area contributed by atoms with Crippen molar-refractivity contribution in [3.05, 3.63) is 56.7 Å². The van der Waals surface area contributed by atoms with Gasteiger partial charge in [-0.3, -0.25) is 9.36 Å². The maximum absolute atomic E-state index is 13.5. The van der Waals surface area contributed by atoms with E-state index >= 15 is 0 Å². The van der Waals surface area contributed by atoms with Gasteiger partial charge in [0.2, 0.25) is 0 Å². The van der Waals surface area contributed by atoms with Crippen LogP contribution in [0.1, 0.15) is 36.3 Å². The molecule has 4 nitrogen and oxygen atoms in total. The van der Waals surface area contributed by atoms with Crippen LogP contribution in [-0.2, 0) is 25.8 Å². The van der Waals surface area contributed by atoms with Crippen molar-refractivity contribution in [3.8, 4) is 6.07 Å². The van der Waals surface area contributed by atoms with E-state index in [2.05, 4.69) is 25.1 Å². The van der Waals surface area contributed by atoms with Gasteiger partial charge in [-0.05, 0) is 49.7 Å². The fourth-order valence-corrected chi connectivity index (χ4v) is 6.01. The molecular formula is C22H23N3OS2. The summed E-state index contributed by atoms with van der Waals surface area (Å²) < 4.78 is 1.79. The highest BCUT2D eigenvalue weighted by atomic mass is 32.2. The van der Waals surface area contributed by atoms with Crippen molar-refractivity contribution < 1.29 is 0 Å². The van der Waals surface area contributed by atoms with Gasteiger partial charge >= 0.3 is 0 Å². The van der Waals surface area contributed by atoms with Gasteiger partial charge in [0.05, 0.1) is 16.7 Å². The van der Waals surface area contributed by atoms with Crippen molar-refractivity contribution in [1.29, 1.82) is 5.26 Å². The van der Waals surface area contributed by atoms with Crippen LogP contribution in [0, 0.1) is 17.2 Å². The summed E-state index contributed by atoms with van der Waals surface area (Å²) in [6, 6.07) is 12.4. The lowest BCUT2D eigenvalue weighted by molar-refractivity contribution is 0.508. The topological polar surface area (TPSA) is 58.7 Å². The van der Waals surface area contributed by atoms with Crippen molar-refractivity contribution >= 4 is 33.3 Å². The summed E-state index contributed by atoms with van der Waals surface area (Å²) >= 11 is 3.05. The first-order valence-electron chi connectivity index (χ1n) is 9.72. The number of rotatable bonds is 5. The van der Waals surface area contributed by atoms with Crippen LogP contribution >= 0.6 is 23.1 Å². The first kappa shape index (κ1) is 19.2. The van der Waals surface area contributed by atoms with E-state index in [1.807, 2.05) is 25.1 Å². The Morgan fingerprint density at radius 2 is 2.18 bits per heavy atom. The zero-order chi connectivity index (χ0) is 19.7. The van der Waals surface area contributed by atoms with Gasteiger partial charge < -0.3 is 0 Å². The van der Waals surface area contributed by atoms with E-state index in [0.29, 0.717) is 17.6 Å². The van der Waals surface area contributed by atoms with Crippen LogP contribution in [0.5, 0.6) is 0 Å². The molecule has 2 atom stereocenters. The Balaban J connectivity index is 1.80. The third-order valence-corrected chi connectivity index (χ3v) is 7.44. The molecule has 0 spiro atoms. The molecule has 0 saturated heterocycles. The summed E-state index contributed by atoms with van der Waals surface area (Å²) in [4.78, 5) is 20.5. The molecule has 0 radical (unpaired) electrons. The number of aromatic nitrogens is 2. The SMILES string of the molecule is C[C@@H]1CCc2c(sc3nc(S[C@@H](C)C#N)n(CCc4ccccc4)c(=O)c23)C1. The first-order chi connectivity index (χ1) is 13.6. The molecule has 1 aromatic carbocycles. The molecule has 0 aliphatic heterocycles. The molecule has 0 saturated carbocycles. The normalized spacial score (nSPS) is 17.2. The number of aryl methyl sites for hydroxylation is 2. The van der Waals surface area contributed by atoms with E-state index in [0.717, 1.165) is 35.9 Å². The molecule has 1 aliphatic rings. The third-order valence-electron chi connectivity index (χ3n) is 5.31. The Bertz CT molecular complexity index is 1090. The molecular weight excluding hydrogens is 386 g/mol. The molecule has 2 aromatic heterocycles. The highest BCUT2D eigenvalue weighted by molar-refractivity contribution is 8.00. The molecule has 144 valence electrons. The average molecular weight is 410 g/mol. The minimum absolute atomic E-state index is 0.0561. The molecule has 0 unspecified atom stereocenters. The fraction of sp³-hybridized carbons (Fsp3) is 0.409. The quantitative estimate of drug-likeness (QED) is 0.447. The van der Waals surface area contributed by atoms with Gasteiger partial charge in [-0.2, -0.15) is 5.26 Å². The minimum atomic E-state index is -0.248. The van der Waals surface area contributed by atoms with E-state index in [9.17, 15) is 10.1 Å². The predicted molar refractivity (Wildman–Crippen MR) is 116 cm³/mol. The Kier molecular flexibility index (Phi) is 5.56. The molecule has 6 heteroatoms. The highest BCUT2D eigenvalue weighted by Gasteiger charge is 2.25. The predicted octanol–water partition coefficient (Wildman–Crippen LogP) is 4.83. The third kappa shape index (κ3) is 3.74. The number of hydrogen-bond acceptors (Lipinski definition) is 5. The average Bonchev–Trinajstić information content (AvgIpc) is 3.05. The summed E-state index contributed by atoms with van der Waals surface area (Å²) in [5.74, 6) is 0.660. The van der Waals surface area contributed by atoms with Crippen LogP contribution in [0.25, 0.3) is 10.2 Å². The Hall–Kier alpha value is -2.10. The van der Waals surface area contributed by atoms with Crippen LogP contribution in [-0.4, -0.2) is 14.8 Å². The Morgan fingerprint density at radius 1 is 1.39 bits per heavy atom. The summed E-state index contributed by atoms with van der Waals surface area (Å²) in [5, 5.41) is 10.5. The van der Waals surface area contributed by atoms with Crippen molar-refractivity contribution in [3.63, 3.8) is 0 Å². The van der Waals surface area contributed by atoms with Gasteiger partial charge in [0, 0.05) is 11.4 Å². The molecule has 1 aliphatic carbocycles. The van der Waals surface area contributed by atoms with Crippen molar-refractivity contribution in [2.45, 2.75) is 56.5 Å².